The first-order valence-electron chi connectivity index (χ1n) is 11.8. The maximum absolute atomic E-state index is 14.0. The van der Waals surface area contributed by atoms with Crippen molar-refractivity contribution in [1.82, 2.24) is 29.3 Å². The van der Waals surface area contributed by atoms with E-state index in [0.29, 0.717) is 22.5 Å². The number of fused-ring (bicyclic) bond motifs is 1. The summed E-state index contributed by atoms with van der Waals surface area (Å²) in [5, 5.41) is 8.47. The minimum Gasteiger partial charge on any atom is -0.336 e. The third kappa shape index (κ3) is 4.72. The summed E-state index contributed by atoms with van der Waals surface area (Å²) in [4.78, 5) is 19.0. The molecule has 3 aromatic heterocycles. The van der Waals surface area contributed by atoms with Gasteiger partial charge in [0.25, 0.3) is 5.91 Å². The standard InChI is InChI=1S/C26H29F3N6O/c1-7-34-17(5)20(16(4)31-34)14-33(6)25(36)22-13-24-30-21(12-23(26(27,28)29)35(24)32-22)19-10-8-18(9-11-19)15(2)3/h8-13,15H,7,14H2,1-6H3. The second-order valence-electron chi connectivity index (χ2n) is 9.23. The SMILES string of the molecule is CCn1nc(C)c(CN(C)C(=O)c2cc3nc(-c4ccc(C(C)C)cc4)cc(C(F)(F)F)n3n2)c1C. The summed E-state index contributed by atoms with van der Waals surface area (Å²) in [6.45, 7) is 10.8. The van der Waals surface area contributed by atoms with Crippen LogP contribution in [0.3, 0.4) is 0 Å². The highest BCUT2D eigenvalue weighted by molar-refractivity contribution is 5.93. The number of amides is 1. The van der Waals surface area contributed by atoms with E-state index in [2.05, 4.69) is 15.2 Å². The van der Waals surface area contributed by atoms with E-state index in [-0.39, 0.29) is 23.6 Å². The average molecular weight is 499 g/mol. The molecule has 1 aromatic carbocycles. The number of rotatable bonds is 6. The van der Waals surface area contributed by atoms with Crippen LogP contribution in [0.15, 0.2) is 36.4 Å². The van der Waals surface area contributed by atoms with Crippen molar-refractivity contribution in [3.63, 3.8) is 0 Å². The van der Waals surface area contributed by atoms with Gasteiger partial charge < -0.3 is 4.90 Å². The third-order valence-corrected chi connectivity index (χ3v) is 6.38. The third-order valence-electron chi connectivity index (χ3n) is 6.38. The Morgan fingerprint density at radius 3 is 2.31 bits per heavy atom. The number of aryl methyl sites for hydroxylation is 2. The van der Waals surface area contributed by atoms with Gasteiger partial charge in [-0.3, -0.25) is 9.48 Å². The Morgan fingerprint density at radius 1 is 1.08 bits per heavy atom. The largest absolute Gasteiger partial charge is 0.433 e. The minimum absolute atomic E-state index is 0.0457. The molecule has 7 nitrogen and oxygen atoms in total. The van der Waals surface area contributed by atoms with E-state index in [4.69, 9.17) is 0 Å². The van der Waals surface area contributed by atoms with Crippen LogP contribution in [0.1, 0.15) is 65.4 Å². The van der Waals surface area contributed by atoms with E-state index in [1.54, 1.807) is 19.2 Å². The monoisotopic (exact) mass is 498 g/mol. The molecule has 0 aliphatic rings. The van der Waals surface area contributed by atoms with Gasteiger partial charge in [0.05, 0.1) is 11.4 Å². The first kappa shape index (κ1) is 25.4. The molecule has 0 atom stereocenters. The van der Waals surface area contributed by atoms with Gasteiger partial charge in [-0.25, -0.2) is 9.50 Å². The van der Waals surface area contributed by atoms with E-state index in [1.165, 1.54) is 11.0 Å². The minimum atomic E-state index is -4.69. The van der Waals surface area contributed by atoms with Crippen LogP contribution < -0.4 is 0 Å². The zero-order valence-electron chi connectivity index (χ0n) is 21.2. The lowest BCUT2D eigenvalue weighted by molar-refractivity contribution is -0.142. The predicted molar refractivity (Wildman–Crippen MR) is 131 cm³/mol. The van der Waals surface area contributed by atoms with Crippen molar-refractivity contribution >= 4 is 11.6 Å². The molecule has 4 rings (SSSR count). The molecule has 0 saturated heterocycles. The van der Waals surface area contributed by atoms with E-state index in [9.17, 15) is 18.0 Å². The van der Waals surface area contributed by atoms with Crippen molar-refractivity contribution in [2.75, 3.05) is 7.05 Å². The molecule has 3 heterocycles. The van der Waals surface area contributed by atoms with E-state index < -0.39 is 17.8 Å². The number of hydrogen-bond acceptors (Lipinski definition) is 4. The van der Waals surface area contributed by atoms with Crippen molar-refractivity contribution < 1.29 is 18.0 Å². The Labute approximate surface area is 207 Å². The molecule has 0 bridgehead atoms. The summed E-state index contributed by atoms with van der Waals surface area (Å²) in [6.07, 6.45) is -4.69. The molecule has 1 amide bonds. The molecule has 36 heavy (non-hydrogen) atoms. The quantitative estimate of drug-likeness (QED) is 0.345. The summed E-state index contributed by atoms with van der Waals surface area (Å²) in [6, 6.07) is 9.54. The summed E-state index contributed by atoms with van der Waals surface area (Å²) >= 11 is 0. The summed E-state index contributed by atoms with van der Waals surface area (Å²) in [5.41, 5.74) is 3.29. The molecule has 0 saturated carbocycles. The van der Waals surface area contributed by atoms with Gasteiger partial charge in [-0.15, -0.1) is 0 Å². The van der Waals surface area contributed by atoms with Gasteiger partial charge in [-0.05, 0) is 38.3 Å². The van der Waals surface area contributed by atoms with Gasteiger partial charge in [0, 0.05) is 43.0 Å². The first-order chi connectivity index (χ1) is 16.9. The van der Waals surface area contributed by atoms with Crippen LogP contribution in [0.4, 0.5) is 13.2 Å². The lowest BCUT2D eigenvalue weighted by atomic mass is 10.0. The van der Waals surface area contributed by atoms with E-state index in [1.807, 2.05) is 51.4 Å². The van der Waals surface area contributed by atoms with Crippen LogP contribution in [-0.4, -0.2) is 42.2 Å². The van der Waals surface area contributed by atoms with Gasteiger partial charge >= 0.3 is 6.18 Å². The predicted octanol–water partition coefficient (Wildman–Crippen LogP) is 5.64. The average Bonchev–Trinajstić information content (AvgIpc) is 3.38. The Hall–Kier alpha value is -3.69. The molecule has 10 heteroatoms. The Morgan fingerprint density at radius 2 is 1.75 bits per heavy atom. The van der Waals surface area contributed by atoms with Gasteiger partial charge in [0.2, 0.25) is 0 Å². The smallest absolute Gasteiger partial charge is 0.336 e. The number of nitrogens with zero attached hydrogens (tertiary/aromatic N) is 6. The Kier molecular flexibility index (Phi) is 6.64. The maximum atomic E-state index is 14.0. The fourth-order valence-corrected chi connectivity index (χ4v) is 4.24. The maximum Gasteiger partial charge on any atom is 0.433 e. The molecule has 0 fully saturated rings. The first-order valence-corrected chi connectivity index (χ1v) is 11.8. The Balaban J connectivity index is 1.72. The highest BCUT2D eigenvalue weighted by atomic mass is 19.4. The summed E-state index contributed by atoms with van der Waals surface area (Å²) in [5.74, 6) is -0.205. The summed E-state index contributed by atoms with van der Waals surface area (Å²) < 4.78 is 44.5. The van der Waals surface area contributed by atoms with Gasteiger partial charge in [-0.2, -0.15) is 23.4 Å². The second-order valence-corrected chi connectivity index (χ2v) is 9.23. The fraction of sp³-hybridized carbons (Fsp3) is 0.385. The van der Waals surface area contributed by atoms with Crippen LogP contribution >= 0.6 is 0 Å². The number of alkyl halides is 3. The number of halogens is 3. The molecule has 0 aliphatic heterocycles. The normalized spacial score (nSPS) is 12.1. The molecule has 0 N–H and O–H groups in total. The van der Waals surface area contributed by atoms with E-state index >= 15 is 0 Å². The zero-order chi connectivity index (χ0) is 26.4. The number of carbonyl (C=O) groups is 1. The topological polar surface area (TPSA) is 68.3 Å². The van der Waals surface area contributed by atoms with Gasteiger partial charge in [0.15, 0.2) is 17.0 Å². The van der Waals surface area contributed by atoms with Crippen molar-refractivity contribution in [3.8, 4) is 11.3 Å². The molecule has 0 radical (unpaired) electrons. The van der Waals surface area contributed by atoms with Crippen molar-refractivity contribution in [2.24, 2.45) is 0 Å². The zero-order valence-corrected chi connectivity index (χ0v) is 21.2. The number of benzene rings is 1. The fourth-order valence-electron chi connectivity index (χ4n) is 4.24. The van der Waals surface area contributed by atoms with E-state index in [0.717, 1.165) is 28.6 Å². The molecule has 4 aromatic rings. The van der Waals surface area contributed by atoms with Gasteiger partial charge in [0.1, 0.15) is 0 Å². The second kappa shape index (κ2) is 9.40. The molecule has 0 unspecified atom stereocenters. The van der Waals surface area contributed by atoms with Crippen LogP contribution in [0.5, 0.6) is 0 Å². The van der Waals surface area contributed by atoms with Crippen LogP contribution in [0.2, 0.25) is 0 Å². The van der Waals surface area contributed by atoms with Crippen LogP contribution in [0.25, 0.3) is 16.9 Å². The van der Waals surface area contributed by atoms with Crippen LogP contribution in [0, 0.1) is 13.8 Å². The van der Waals surface area contributed by atoms with Crippen molar-refractivity contribution in [3.05, 3.63) is 70.3 Å². The van der Waals surface area contributed by atoms with Gasteiger partial charge in [-0.1, -0.05) is 38.1 Å². The number of aromatic nitrogens is 5. The highest BCUT2D eigenvalue weighted by Crippen LogP contribution is 2.33. The number of carbonyl (C=O) groups excluding carboxylic acids is 1. The van der Waals surface area contributed by atoms with Crippen molar-refractivity contribution in [1.29, 1.82) is 0 Å². The molecular weight excluding hydrogens is 469 g/mol. The van der Waals surface area contributed by atoms with Crippen molar-refractivity contribution in [2.45, 2.75) is 59.8 Å². The lowest BCUT2D eigenvalue weighted by Crippen LogP contribution is -2.27. The van der Waals surface area contributed by atoms with Crippen LogP contribution in [-0.2, 0) is 19.3 Å². The molecule has 0 spiro atoms. The summed E-state index contributed by atoms with van der Waals surface area (Å²) in [7, 11) is 1.59. The number of hydrogen-bond donors (Lipinski definition) is 0. The molecular formula is C26H29F3N6O. The Bertz CT molecular complexity index is 1420. The highest BCUT2D eigenvalue weighted by Gasteiger charge is 2.36. The molecule has 0 aliphatic carbocycles. The molecule has 190 valence electrons. The lowest BCUT2D eigenvalue weighted by Gasteiger charge is -2.16.